The van der Waals surface area contributed by atoms with Gasteiger partial charge in [0.05, 0.1) is 31.6 Å². The number of fused-ring (bicyclic) bond motifs is 2. The molecule has 190 valence electrons. The van der Waals surface area contributed by atoms with Crippen molar-refractivity contribution in [2.75, 3.05) is 26.5 Å². The number of esters is 1. The van der Waals surface area contributed by atoms with Crippen LogP contribution in [-0.2, 0) is 39.8 Å². The van der Waals surface area contributed by atoms with E-state index in [1.165, 1.54) is 31.2 Å². The number of hydrogen-bond donors (Lipinski definition) is 2. The highest BCUT2D eigenvalue weighted by atomic mass is 31.2. The van der Waals surface area contributed by atoms with Gasteiger partial charge in [-0.25, -0.2) is 18.9 Å². The molecule has 2 aliphatic heterocycles. The number of hydrogen-bond acceptors (Lipinski definition) is 12. The molecule has 3 aromatic rings. The molecule has 0 radical (unpaired) electrons. The molecule has 2 aromatic heterocycles. The lowest BCUT2D eigenvalue weighted by Gasteiger charge is -2.31. The summed E-state index contributed by atoms with van der Waals surface area (Å²) in [5, 5.41) is 15.6. The van der Waals surface area contributed by atoms with Gasteiger partial charge in [0.2, 0.25) is 0 Å². The van der Waals surface area contributed by atoms with Gasteiger partial charge < -0.3 is 20.3 Å². The van der Waals surface area contributed by atoms with Gasteiger partial charge >= 0.3 is 13.8 Å². The van der Waals surface area contributed by atoms with Crippen LogP contribution in [0.2, 0.25) is 0 Å². The molecular formula is C22H24N5O8P. The van der Waals surface area contributed by atoms with E-state index in [1.807, 2.05) is 0 Å². The van der Waals surface area contributed by atoms with Crippen molar-refractivity contribution < 1.29 is 37.5 Å². The fourth-order valence-electron chi connectivity index (χ4n) is 4.43. The van der Waals surface area contributed by atoms with Crippen LogP contribution in [0.3, 0.4) is 0 Å². The molecule has 4 heterocycles. The zero-order valence-electron chi connectivity index (χ0n) is 19.4. The summed E-state index contributed by atoms with van der Waals surface area (Å²) in [6.45, 7) is -0.435. The van der Waals surface area contributed by atoms with Crippen molar-refractivity contribution in [2.24, 2.45) is 4.99 Å². The quantitative estimate of drug-likeness (QED) is 0.276. The Bertz CT molecular complexity index is 1380. The third-order valence-corrected chi connectivity index (χ3v) is 7.53. The van der Waals surface area contributed by atoms with Crippen LogP contribution in [0.5, 0.6) is 0 Å². The Morgan fingerprint density at radius 3 is 2.97 bits per heavy atom. The van der Waals surface area contributed by atoms with Gasteiger partial charge in [-0.1, -0.05) is 18.2 Å². The highest BCUT2D eigenvalue weighted by Gasteiger charge is 2.61. The van der Waals surface area contributed by atoms with E-state index in [9.17, 15) is 14.5 Å². The summed E-state index contributed by atoms with van der Waals surface area (Å²) in [7, 11) is -1.35. The highest BCUT2D eigenvalue weighted by molar-refractivity contribution is 7.48. The van der Waals surface area contributed by atoms with Gasteiger partial charge in [-0.05, 0) is 23.8 Å². The van der Waals surface area contributed by atoms with Crippen molar-refractivity contribution in [3.8, 4) is 0 Å². The van der Waals surface area contributed by atoms with Crippen molar-refractivity contribution in [3.05, 3.63) is 59.5 Å². The number of nitrogen functional groups attached to an aromatic ring is 1. The van der Waals surface area contributed by atoms with E-state index in [-0.39, 0.29) is 24.6 Å². The molecule has 1 unspecified atom stereocenters. The maximum absolute atomic E-state index is 13.3. The Balaban J connectivity index is 1.41. The van der Waals surface area contributed by atoms with Gasteiger partial charge in [-0.3, -0.25) is 18.6 Å². The third-order valence-electron chi connectivity index (χ3n) is 6.11. The van der Waals surface area contributed by atoms with E-state index in [4.69, 9.17) is 28.8 Å². The molecule has 1 aromatic carbocycles. The minimum Gasteiger partial charge on any atom is -0.465 e. The van der Waals surface area contributed by atoms with Crippen molar-refractivity contribution in [3.63, 3.8) is 0 Å². The first-order chi connectivity index (χ1) is 17.3. The summed E-state index contributed by atoms with van der Waals surface area (Å²) < 4.78 is 42.4. The standard InChI is InChI=1S/C22H24N5O8P/c1-24-11-22(17-8-7-15-20(23)25-12-26-27(15)17)19(28)18-16(34-22)10-33-36(30,35-18)32-9-13-5-3-4-6-14(13)21(29)31-2/h3-8,11-12,16,18-19,28H,9-10H2,1-2H3,(H2,23,25,26)/b24-11-/t16-,18-,19-,22+,36?/m1/s1. The second-order valence-corrected chi connectivity index (χ2v) is 9.80. The number of ether oxygens (including phenoxy) is 2. The Morgan fingerprint density at radius 1 is 1.39 bits per heavy atom. The van der Waals surface area contributed by atoms with Gasteiger partial charge in [0.15, 0.2) is 11.4 Å². The van der Waals surface area contributed by atoms with Crippen molar-refractivity contribution in [2.45, 2.75) is 30.5 Å². The molecule has 2 fully saturated rings. The number of carbonyl (C=O) groups is 1. The lowest BCUT2D eigenvalue weighted by atomic mass is 9.92. The third kappa shape index (κ3) is 3.99. The average Bonchev–Trinajstić information content (AvgIpc) is 3.44. The Kier molecular flexibility index (Phi) is 6.37. The maximum atomic E-state index is 13.3. The van der Waals surface area contributed by atoms with Crippen LogP contribution in [0, 0.1) is 0 Å². The molecule has 0 spiro atoms. The van der Waals surface area contributed by atoms with Gasteiger partial charge in [0.1, 0.15) is 30.2 Å². The van der Waals surface area contributed by atoms with Crippen molar-refractivity contribution in [1.82, 2.24) is 14.6 Å². The number of aliphatic hydroxyl groups excluding tert-OH is 1. The van der Waals surface area contributed by atoms with E-state index >= 15 is 0 Å². The summed E-state index contributed by atoms with van der Waals surface area (Å²) in [5.41, 5.74) is 6.07. The van der Waals surface area contributed by atoms with Crippen molar-refractivity contribution >= 4 is 31.3 Å². The van der Waals surface area contributed by atoms with Crippen LogP contribution in [-0.4, -0.2) is 71.0 Å². The average molecular weight is 517 g/mol. The Hall–Kier alpha value is -3.19. The summed E-state index contributed by atoms with van der Waals surface area (Å²) in [6, 6.07) is 9.93. The van der Waals surface area contributed by atoms with Crippen LogP contribution in [0.4, 0.5) is 5.82 Å². The van der Waals surface area contributed by atoms with Crippen LogP contribution < -0.4 is 5.73 Å². The molecular weight excluding hydrogens is 493 g/mol. The second kappa shape index (κ2) is 9.36. The predicted octanol–water partition coefficient (Wildman–Crippen LogP) is 1.49. The topological polar surface area (TPSA) is 169 Å². The van der Waals surface area contributed by atoms with E-state index < -0.39 is 37.7 Å². The fraction of sp³-hybridized carbons (Fsp3) is 0.364. The number of rotatable bonds is 6. The van der Waals surface area contributed by atoms with E-state index in [0.29, 0.717) is 16.8 Å². The first kappa shape index (κ1) is 24.5. The number of methoxy groups -OCH3 is 1. The molecule has 0 aliphatic carbocycles. The van der Waals surface area contributed by atoms with Crippen LogP contribution in [0.1, 0.15) is 21.6 Å². The van der Waals surface area contributed by atoms with E-state index in [1.54, 1.807) is 36.4 Å². The smallest absolute Gasteiger partial charge is 0.465 e. The lowest BCUT2D eigenvalue weighted by molar-refractivity contribution is -0.0727. The molecule has 5 rings (SSSR count). The SMILES string of the molecule is C/N=C\[C@@]1(c2ccc3c(N)ncnn23)O[C@@H]2COP(=O)(OCc3ccccc3C(=O)OC)O[C@H]2[C@H]1O. The Morgan fingerprint density at radius 2 is 2.19 bits per heavy atom. The monoisotopic (exact) mass is 517 g/mol. The normalized spacial score (nSPS) is 30.0. The minimum absolute atomic E-state index is 0.183. The summed E-state index contributed by atoms with van der Waals surface area (Å²) in [4.78, 5) is 20.1. The van der Waals surface area contributed by atoms with E-state index in [0.717, 1.165) is 0 Å². The maximum Gasteiger partial charge on any atom is 0.475 e. The van der Waals surface area contributed by atoms with Gasteiger partial charge in [-0.2, -0.15) is 5.10 Å². The molecule has 0 amide bonds. The number of anilines is 1. The van der Waals surface area contributed by atoms with E-state index in [2.05, 4.69) is 15.1 Å². The number of aromatic nitrogens is 3. The molecule has 13 nitrogen and oxygen atoms in total. The molecule has 5 atom stereocenters. The van der Waals surface area contributed by atoms with Crippen molar-refractivity contribution in [1.29, 1.82) is 0 Å². The number of phosphoric ester groups is 1. The molecule has 36 heavy (non-hydrogen) atoms. The lowest BCUT2D eigenvalue weighted by Crippen LogP contribution is -2.44. The van der Waals surface area contributed by atoms with Gasteiger partial charge in [0.25, 0.3) is 0 Å². The van der Waals surface area contributed by atoms with Crippen LogP contribution in [0.15, 0.2) is 47.7 Å². The fourth-order valence-corrected chi connectivity index (χ4v) is 5.80. The first-order valence-electron chi connectivity index (χ1n) is 10.9. The largest absolute Gasteiger partial charge is 0.475 e. The van der Waals surface area contributed by atoms with Crippen LogP contribution >= 0.6 is 7.82 Å². The first-order valence-corrected chi connectivity index (χ1v) is 12.4. The number of carbonyl (C=O) groups excluding carboxylic acids is 1. The Labute approximate surface area is 205 Å². The summed E-state index contributed by atoms with van der Waals surface area (Å²) >= 11 is 0. The van der Waals surface area contributed by atoms with Crippen LogP contribution in [0.25, 0.3) is 5.52 Å². The van der Waals surface area contributed by atoms with Gasteiger partial charge in [0, 0.05) is 13.3 Å². The highest BCUT2D eigenvalue weighted by Crippen LogP contribution is 2.58. The summed E-state index contributed by atoms with van der Waals surface area (Å²) in [6.07, 6.45) is -0.523. The number of nitrogens with two attached hydrogens (primary N) is 1. The van der Waals surface area contributed by atoms with Gasteiger partial charge in [-0.15, -0.1) is 0 Å². The molecule has 0 saturated carbocycles. The number of phosphoric acid groups is 1. The number of aliphatic imine (C=N–C) groups is 1. The molecule has 14 heteroatoms. The molecule has 0 bridgehead atoms. The zero-order chi connectivity index (χ0) is 25.5. The zero-order valence-corrected chi connectivity index (χ0v) is 20.3. The number of aliphatic hydroxyl groups is 1. The number of nitrogens with zero attached hydrogens (tertiary/aromatic N) is 4. The predicted molar refractivity (Wildman–Crippen MR) is 125 cm³/mol. The minimum atomic E-state index is -4.14. The molecule has 2 saturated heterocycles. The second-order valence-electron chi connectivity index (χ2n) is 8.18. The number of benzene rings is 1. The molecule has 3 N–H and O–H groups in total. The molecule has 2 aliphatic rings. The summed E-state index contributed by atoms with van der Waals surface area (Å²) in [5.74, 6) is -0.320.